The highest BCUT2D eigenvalue weighted by Crippen LogP contribution is 2.08. The topological polar surface area (TPSA) is 77.2 Å². The maximum Gasteiger partial charge on any atom is 0.227 e. The Labute approximate surface area is 119 Å². The van der Waals surface area contributed by atoms with Crippen LogP contribution in [0.1, 0.15) is 12.1 Å². The largest absolute Gasteiger partial charge is 0.380 e. The van der Waals surface area contributed by atoms with Crippen molar-refractivity contribution in [2.45, 2.75) is 19.4 Å². The number of pyridine rings is 1. The summed E-state index contributed by atoms with van der Waals surface area (Å²) in [6.07, 6.45) is 1.68. The van der Waals surface area contributed by atoms with E-state index in [0.717, 1.165) is 11.4 Å². The summed E-state index contributed by atoms with van der Waals surface area (Å²) in [6.45, 7) is 2.20. The van der Waals surface area contributed by atoms with Gasteiger partial charge in [-0.2, -0.15) is 0 Å². The van der Waals surface area contributed by atoms with Crippen LogP contribution in [-0.2, 0) is 9.53 Å². The van der Waals surface area contributed by atoms with Gasteiger partial charge in [-0.25, -0.2) is 0 Å². The van der Waals surface area contributed by atoms with Gasteiger partial charge < -0.3 is 15.8 Å². The zero-order valence-electron chi connectivity index (χ0n) is 10.4. The van der Waals surface area contributed by atoms with Crippen LogP contribution >= 0.6 is 24.8 Å². The second-order valence-electron chi connectivity index (χ2n) is 3.53. The van der Waals surface area contributed by atoms with E-state index in [1.54, 1.807) is 19.4 Å². The minimum Gasteiger partial charge on any atom is -0.380 e. The second-order valence-corrected chi connectivity index (χ2v) is 3.53. The highest BCUT2D eigenvalue weighted by molar-refractivity contribution is 5.91. The van der Waals surface area contributed by atoms with Crippen LogP contribution in [0.2, 0.25) is 0 Å². The number of methoxy groups -OCH3 is 1. The number of anilines is 1. The van der Waals surface area contributed by atoms with Crippen molar-refractivity contribution in [2.75, 3.05) is 19.0 Å². The Kier molecular flexibility index (Phi) is 10.9. The number of hydrogen-bond acceptors (Lipinski definition) is 4. The van der Waals surface area contributed by atoms with Crippen molar-refractivity contribution in [3.8, 4) is 0 Å². The number of nitrogens with one attached hydrogen (secondary N) is 1. The molecule has 1 rings (SSSR count). The number of aromatic nitrogens is 1. The molecular formula is C11H19Cl2N3O2. The first-order chi connectivity index (χ1) is 7.65. The van der Waals surface area contributed by atoms with Gasteiger partial charge in [-0.15, -0.1) is 24.8 Å². The van der Waals surface area contributed by atoms with Gasteiger partial charge in [0, 0.05) is 31.2 Å². The van der Waals surface area contributed by atoms with Gasteiger partial charge in [0.2, 0.25) is 5.91 Å². The third-order valence-corrected chi connectivity index (χ3v) is 2.19. The summed E-state index contributed by atoms with van der Waals surface area (Å²) in [6, 6.07) is 3.55. The van der Waals surface area contributed by atoms with E-state index in [4.69, 9.17) is 10.5 Å². The molecule has 1 aromatic heterocycles. The number of hydrogen-bond donors (Lipinski definition) is 2. The molecule has 0 radical (unpaired) electrons. The molecule has 0 spiro atoms. The fourth-order valence-electron chi connectivity index (χ4n) is 1.31. The van der Waals surface area contributed by atoms with Crippen LogP contribution in [0.3, 0.4) is 0 Å². The van der Waals surface area contributed by atoms with E-state index in [1.165, 1.54) is 0 Å². The van der Waals surface area contributed by atoms with Crippen LogP contribution < -0.4 is 11.1 Å². The molecule has 104 valence electrons. The molecule has 0 saturated heterocycles. The highest BCUT2D eigenvalue weighted by Gasteiger charge is 2.11. The SMILES string of the molecule is COC(CN)CC(=O)Nc1ccnc(C)c1.Cl.Cl. The molecule has 1 atom stereocenters. The second kappa shape index (κ2) is 10.1. The molecule has 0 bridgehead atoms. The van der Waals surface area contributed by atoms with E-state index in [1.807, 2.05) is 13.0 Å². The molecule has 0 aromatic carbocycles. The number of nitrogens with zero attached hydrogens (tertiary/aromatic N) is 1. The van der Waals surface area contributed by atoms with E-state index in [9.17, 15) is 4.79 Å². The molecule has 0 aliphatic heterocycles. The summed E-state index contributed by atoms with van der Waals surface area (Å²) in [7, 11) is 1.54. The number of rotatable bonds is 5. The fourth-order valence-corrected chi connectivity index (χ4v) is 1.31. The van der Waals surface area contributed by atoms with Gasteiger partial charge in [0.05, 0.1) is 12.5 Å². The molecule has 1 amide bonds. The third-order valence-electron chi connectivity index (χ3n) is 2.19. The molecule has 0 saturated carbocycles. The first-order valence-corrected chi connectivity index (χ1v) is 5.11. The van der Waals surface area contributed by atoms with E-state index in [0.29, 0.717) is 6.54 Å². The highest BCUT2D eigenvalue weighted by atomic mass is 35.5. The van der Waals surface area contributed by atoms with E-state index >= 15 is 0 Å². The van der Waals surface area contributed by atoms with Gasteiger partial charge in [-0.3, -0.25) is 9.78 Å². The summed E-state index contributed by atoms with van der Waals surface area (Å²) < 4.78 is 5.03. The van der Waals surface area contributed by atoms with Crippen LogP contribution in [0.25, 0.3) is 0 Å². The number of carbonyl (C=O) groups excluding carboxylic acids is 1. The Hall–Kier alpha value is -0.880. The number of carbonyl (C=O) groups is 1. The number of amides is 1. The quantitative estimate of drug-likeness (QED) is 0.864. The molecular weight excluding hydrogens is 277 g/mol. The average Bonchev–Trinajstić information content (AvgIpc) is 2.26. The van der Waals surface area contributed by atoms with Crippen LogP contribution in [-0.4, -0.2) is 30.6 Å². The summed E-state index contributed by atoms with van der Waals surface area (Å²) in [4.78, 5) is 15.6. The molecule has 0 aliphatic carbocycles. The van der Waals surface area contributed by atoms with Crippen molar-refractivity contribution >= 4 is 36.4 Å². The van der Waals surface area contributed by atoms with Crippen molar-refractivity contribution in [1.82, 2.24) is 4.98 Å². The minimum atomic E-state index is -0.233. The molecule has 18 heavy (non-hydrogen) atoms. The molecule has 0 aliphatic rings. The van der Waals surface area contributed by atoms with Crippen molar-refractivity contribution < 1.29 is 9.53 Å². The Bertz CT molecular complexity index is 360. The Morgan fingerprint density at radius 1 is 1.56 bits per heavy atom. The number of aryl methyl sites for hydroxylation is 1. The predicted octanol–water partition coefficient (Wildman–Crippen LogP) is 1.54. The normalized spacial score (nSPS) is 10.8. The van der Waals surface area contributed by atoms with Crippen molar-refractivity contribution in [3.63, 3.8) is 0 Å². The summed E-state index contributed by atoms with van der Waals surface area (Å²) >= 11 is 0. The van der Waals surface area contributed by atoms with Crippen molar-refractivity contribution in [3.05, 3.63) is 24.0 Å². The molecule has 5 nitrogen and oxygen atoms in total. The van der Waals surface area contributed by atoms with Gasteiger partial charge in [-0.1, -0.05) is 0 Å². The zero-order valence-corrected chi connectivity index (χ0v) is 12.0. The van der Waals surface area contributed by atoms with E-state index < -0.39 is 0 Å². The molecule has 3 N–H and O–H groups in total. The van der Waals surface area contributed by atoms with Gasteiger partial charge in [0.15, 0.2) is 0 Å². The van der Waals surface area contributed by atoms with Gasteiger partial charge in [0.1, 0.15) is 0 Å². The average molecular weight is 296 g/mol. The van der Waals surface area contributed by atoms with Gasteiger partial charge in [0.25, 0.3) is 0 Å². The molecule has 1 heterocycles. The van der Waals surface area contributed by atoms with E-state index in [2.05, 4.69) is 10.3 Å². The minimum absolute atomic E-state index is 0. The summed E-state index contributed by atoms with van der Waals surface area (Å²) in [5.74, 6) is -0.108. The summed E-state index contributed by atoms with van der Waals surface area (Å²) in [5.41, 5.74) is 7.04. The Morgan fingerprint density at radius 3 is 2.72 bits per heavy atom. The smallest absolute Gasteiger partial charge is 0.227 e. The monoisotopic (exact) mass is 295 g/mol. The summed E-state index contributed by atoms with van der Waals surface area (Å²) in [5, 5.41) is 2.77. The van der Waals surface area contributed by atoms with Crippen LogP contribution in [0.15, 0.2) is 18.3 Å². The molecule has 1 unspecified atom stereocenters. The predicted molar refractivity (Wildman–Crippen MR) is 76.6 cm³/mol. The number of ether oxygens (including phenoxy) is 1. The van der Waals surface area contributed by atoms with E-state index in [-0.39, 0.29) is 43.2 Å². The molecule has 7 heteroatoms. The van der Waals surface area contributed by atoms with Crippen LogP contribution in [0, 0.1) is 6.92 Å². The van der Waals surface area contributed by atoms with Crippen molar-refractivity contribution in [1.29, 1.82) is 0 Å². The Balaban J connectivity index is 0. The molecule has 0 fully saturated rings. The fraction of sp³-hybridized carbons (Fsp3) is 0.455. The van der Waals surface area contributed by atoms with Gasteiger partial charge in [-0.05, 0) is 19.1 Å². The Morgan fingerprint density at radius 2 is 2.22 bits per heavy atom. The van der Waals surface area contributed by atoms with Gasteiger partial charge >= 0.3 is 0 Å². The lowest BCUT2D eigenvalue weighted by Crippen LogP contribution is -2.28. The standard InChI is InChI=1S/C11H17N3O2.2ClH/c1-8-5-9(3-4-13-8)14-11(15)6-10(7-12)16-2;;/h3-5,10H,6-7,12H2,1-2H3,(H,13,14,15);2*1H. The maximum absolute atomic E-state index is 11.6. The lowest BCUT2D eigenvalue weighted by atomic mass is 10.2. The lowest BCUT2D eigenvalue weighted by molar-refractivity contribution is -0.118. The van der Waals surface area contributed by atoms with Crippen LogP contribution in [0.4, 0.5) is 5.69 Å². The zero-order chi connectivity index (χ0) is 12.0. The van der Waals surface area contributed by atoms with Crippen LogP contribution in [0.5, 0.6) is 0 Å². The van der Waals surface area contributed by atoms with Crippen molar-refractivity contribution in [2.24, 2.45) is 5.73 Å². The first-order valence-electron chi connectivity index (χ1n) is 5.11. The maximum atomic E-state index is 11.6. The molecule has 1 aromatic rings. The number of halogens is 2. The first kappa shape index (κ1) is 19.5. The number of nitrogens with two attached hydrogens (primary N) is 1. The lowest BCUT2D eigenvalue weighted by Gasteiger charge is -2.12. The third kappa shape index (κ3) is 6.76.